The largest absolute Gasteiger partial charge is 0.508 e. The Morgan fingerprint density at radius 1 is 0.235 bits per heavy atom. The van der Waals surface area contributed by atoms with Crippen molar-refractivity contribution < 1.29 is 39.6 Å². The van der Waals surface area contributed by atoms with Crippen molar-refractivity contribution in [1.29, 1.82) is 0 Å². The summed E-state index contributed by atoms with van der Waals surface area (Å²) in [4.78, 5) is 47.6. The van der Waals surface area contributed by atoms with Crippen LogP contribution in [0.15, 0.2) is 218 Å². The minimum absolute atomic E-state index is 0.0198. The summed E-state index contributed by atoms with van der Waals surface area (Å²) in [5, 5.41) is 37.2. The van der Waals surface area contributed by atoms with Gasteiger partial charge in [0.25, 0.3) is 0 Å². The predicted octanol–water partition coefficient (Wildman–Crippen LogP) is 14.6. The molecule has 0 amide bonds. The summed E-state index contributed by atoms with van der Waals surface area (Å²) < 4.78 is 0. The van der Waals surface area contributed by atoms with E-state index in [9.17, 15) is 29.4 Å². The summed E-state index contributed by atoms with van der Waals surface area (Å²) in [6.45, 7) is 16.0. The second-order valence-electron chi connectivity index (χ2n) is 12.9. The normalized spacial score (nSPS) is 9.06. The fourth-order valence-electron chi connectivity index (χ4n) is 5.56. The van der Waals surface area contributed by atoms with Crippen molar-refractivity contribution >= 4 is 23.1 Å². The van der Waals surface area contributed by atoms with Crippen LogP contribution >= 0.6 is 0 Å². The fraction of sp³-hybridized carbons (Fsp3) is 0.133. The number of para-hydroxylation sites is 2. The third-order valence-electron chi connectivity index (χ3n) is 8.70. The van der Waals surface area contributed by atoms with E-state index < -0.39 is 0 Å². The van der Waals surface area contributed by atoms with E-state index in [1.54, 1.807) is 133 Å². The zero-order chi connectivity index (χ0) is 50.7. The van der Waals surface area contributed by atoms with Crippen LogP contribution in [0.2, 0.25) is 0 Å². The highest BCUT2D eigenvalue weighted by Crippen LogP contribution is 2.21. The molecule has 0 heterocycles. The van der Waals surface area contributed by atoms with Crippen molar-refractivity contribution in [3.63, 3.8) is 0 Å². The number of carbonyl (C=O) groups is 4. The van der Waals surface area contributed by atoms with E-state index >= 15 is 0 Å². The number of phenols is 4. The van der Waals surface area contributed by atoms with Crippen LogP contribution in [0.25, 0.3) is 0 Å². The van der Waals surface area contributed by atoms with E-state index in [1.807, 2.05) is 104 Å². The van der Waals surface area contributed by atoms with Crippen LogP contribution in [0.5, 0.6) is 23.0 Å². The van der Waals surface area contributed by atoms with Gasteiger partial charge in [-0.1, -0.05) is 201 Å². The monoisotopic (exact) mass is 912 g/mol. The first-order chi connectivity index (χ1) is 33.1. The number of carbonyl (C=O) groups excluding carboxylic acids is 4. The molecule has 0 saturated carbocycles. The van der Waals surface area contributed by atoms with Gasteiger partial charge in [0.05, 0.1) is 11.1 Å². The number of hydrogen-bond donors (Lipinski definition) is 4. The minimum atomic E-state index is -0.159. The second-order valence-corrected chi connectivity index (χ2v) is 12.9. The van der Waals surface area contributed by atoms with Gasteiger partial charge >= 0.3 is 0 Å². The van der Waals surface area contributed by atoms with Crippen LogP contribution in [0, 0.1) is 0 Å². The minimum Gasteiger partial charge on any atom is -0.508 e. The summed E-state index contributed by atoms with van der Waals surface area (Å²) in [6.07, 6.45) is 0. The van der Waals surface area contributed by atoms with Crippen LogP contribution in [0.3, 0.4) is 0 Å². The molecule has 8 heteroatoms. The quantitative estimate of drug-likeness (QED) is 0.110. The highest BCUT2D eigenvalue weighted by molar-refractivity contribution is 6.11. The molecule has 0 aliphatic carbocycles. The van der Waals surface area contributed by atoms with E-state index in [0.717, 1.165) is 0 Å². The van der Waals surface area contributed by atoms with Crippen molar-refractivity contribution in [1.82, 2.24) is 0 Å². The van der Waals surface area contributed by atoms with Crippen LogP contribution in [-0.4, -0.2) is 43.6 Å². The Morgan fingerprint density at radius 3 is 0.662 bits per heavy atom. The SMILES string of the molecule is CC.CC.CC.CC.O=C(c1ccccc1)c1ccc(O)cc1.O=C(c1ccccc1)c1ccc(O)cc1.O=C(c1ccccc1)c1ccccc1O.O=C(c1ccccc1)c1ccccc1O. The molecule has 4 N–H and O–H groups in total. The molecule has 8 aromatic rings. The molecule has 0 aromatic heterocycles. The Kier molecular flexibility index (Phi) is 28.9. The Morgan fingerprint density at radius 2 is 0.426 bits per heavy atom. The van der Waals surface area contributed by atoms with Crippen LogP contribution in [0.4, 0.5) is 0 Å². The third-order valence-corrected chi connectivity index (χ3v) is 8.70. The lowest BCUT2D eigenvalue weighted by molar-refractivity contribution is 0.102. The van der Waals surface area contributed by atoms with E-state index in [-0.39, 0.29) is 46.1 Å². The van der Waals surface area contributed by atoms with Crippen molar-refractivity contribution in [2.45, 2.75) is 55.4 Å². The molecule has 68 heavy (non-hydrogen) atoms. The highest BCUT2D eigenvalue weighted by atomic mass is 16.3. The molecule has 8 aromatic carbocycles. The van der Waals surface area contributed by atoms with Gasteiger partial charge in [-0.2, -0.15) is 0 Å². The molecular weight excluding hydrogens is 849 g/mol. The maximum Gasteiger partial charge on any atom is 0.196 e. The van der Waals surface area contributed by atoms with Crippen molar-refractivity contribution in [3.05, 3.63) is 263 Å². The highest BCUT2D eigenvalue weighted by Gasteiger charge is 2.13. The molecule has 0 unspecified atom stereocenters. The number of phenolic OH excluding ortho intramolecular Hbond substituents is 4. The average molecular weight is 913 g/mol. The van der Waals surface area contributed by atoms with Gasteiger partial charge in [0.15, 0.2) is 23.1 Å². The topological polar surface area (TPSA) is 149 Å². The Labute approximate surface area is 402 Å². The molecule has 0 radical (unpaired) electrons. The molecule has 0 spiro atoms. The lowest BCUT2D eigenvalue weighted by atomic mass is 10.0. The summed E-state index contributed by atoms with van der Waals surface area (Å²) in [7, 11) is 0. The third kappa shape index (κ3) is 19.4. The van der Waals surface area contributed by atoms with Gasteiger partial charge in [-0.05, 0) is 72.8 Å². The average Bonchev–Trinajstić information content (AvgIpc) is 3.42. The maximum atomic E-state index is 11.9. The zero-order valence-electron chi connectivity index (χ0n) is 40.2. The number of rotatable bonds is 8. The molecule has 0 aliphatic heterocycles. The van der Waals surface area contributed by atoms with E-state index in [1.165, 1.54) is 36.4 Å². The van der Waals surface area contributed by atoms with Gasteiger partial charge in [0, 0.05) is 33.4 Å². The molecule has 0 saturated heterocycles. The van der Waals surface area contributed by atoms with Crippen molar-refractivity contribution in [2.75, 3.05) is 0 Å². The predicted molar refractivity (Wildman–Crippen MR) is 277 cm³/mol. The summed E-state index contributed by atoms with van der Waals surface area (Å²) in [6, 6.07) is 61.6. The smallest absolute Gasteiger partial charge is 0.196 e. The zero-order valence-corrected chi connectivity index (χ0v) is 40.2. The summed E-state index contributed by atoms with van der Waals surface area (Å²) >= 11 is 0. The van der Waals surface area contributed by atoms with Gasteiger partial charge in [-0.3, -0.25) is 19.2 Å². The lowest BCUT2D eigenvalue weighted by Gasteiger charge is -2.02. The lowest BCUT2D eigenvalue weighted by Crippen LogP contribution is -2.00. The molecule has 0 aliphatic rings. The molecule has 8 nitrogen and oxygen atoms in total. The molecule has 8 rings (SSSR count). The van der Waals surface area contributed by atoms with Crippen LogP contribution < -0.4 is 0 Å². The van der Waals surface area contributed by atoms with Gasteiger partial charge in [0.1, 0.15) is 23.0 Å². The Hall–Kier alpha value is -8.36. The second kappa shape index (κ2) is 34.1. The number of aromatic hydroxyl groups is 4. The molecule has 0 bridgehead atoms. The number of ketones is 4. The van der Waals surface area contributed by atoms with Gasteiger partial charge in [-0.25, -0.2) is 0 Å². The van der Waals surface area contributed by atoms with E-state index in [4.69, 9.17) is 10.2 Å². The van der Waals surface area contributed by atoms with E-state index in [0.29, 0.717) is 44.5 Å². The van der Waals surface area contributed by atoms with Crippen LogP contribution in [-0.2, 0) is 0 Å². The Balaban J connectivity index is 0.000000431. The van der Waals surface area contributed by atoms with Gasteiger partial charge in [-0.15, -0.1) is 0 Å². The first kappa shape index (κ1) is 57.7. The number of hydrogen-bond acceptors (Lipinski definition) is 8. The molecule has 0 atom stereocenters. The van der Waals surface area contributed by atoms with Gasteiger partial charge in [0.2, 0.25) is 0 Å². The number of benzene rings is 8. The molecule has 352 valence electrons. The fourth-order valence-corrected chi connectivity index (χ4v) is 5.56. The first-order valence-corrected chi connectivity index (χ1v) is 22.7. The Bertz CT molecular complexity index is 2420. The summed E-state index contributed by atoms with van der Waals surface area (Å²) in [5.41, 5.74) is 4.31. The molecular formula is C60H64O8. The van der Waals surface area contributed by atoms with Crippen LogP contribution in [0.1, 0.15) is 119 Å². The molecule has 0 fully saturated rings. The standard InChI is InChI=1S/4C13H10O2.4C2H6/c2*14-12-9-5-4-8-11(12)13(15)10-6-2-1-3-7-10;2*14-12-8-6-11(7-9-12)13(15)10-4-2-1-3-5-10;4*1-2/h4*1-9,14H;4*1-2H3. The summed E-state index contributed by atoms with van der Waals surface area (Å²) in [5.74, 6) is -0.00877. The first-order valence-electron chi connectivity index (χ1n) is 22.7. The van der Waals surface area contributed by atoms with Crippen molar-refractivity contribution in [3.8, 4) is 23.0 Å². The maximum absolute atomic E-state index is 11.9. The van der Waals surface area contributed by atoms with E-state index in [2.05, 4.69) is 0 Å². The van der Waals surface area contributed by atoms with Gasteiger partial charge < -0.3 is 20.4 Å². The van der Waals surface area contributed by atoms with Crippen molar-refractivity contribution in [2.24, 2.45) is 0 Å².